The molecule has 5 atom stereocenters. The van der Waals surface area contributed by atoms with Crippen molar-refractivity contribution in [1.82, 2.24) is 31.1 Å². The average Bonchev–Trinajstić information content (AvgIpc) is 3.56. The molecule has 4 N–H and O–H groups in total. The smallest absolute Gasteiger partial charge is 0.290 e. The fourth-order valence-electron chi connectivity index (χ4n) is 6.89. The Morgan fingerprint density at radius 1 is 1.00 bits per heavy atom. The second-order valence-electron chi connectivity index (χ2n) is 16.6. The Labute approximate surface area is 335 Å². The van der Waals surface area contributed by atoms with Crippen LogP contribution in [0.5, 0.6) is 5.75 Å². The largest absolute Gasteiger partial charge is 0.493 e. The highest BCUT2D eigenvalue weighted by Crippen LogP contribution is 2.31. The van der Waals surface area contributed by atoms with Crippen molar-refractivity contribution < 1.29 is 43.0 Å². The molecule has 1 fully saturated rings. The fourth-order valence-corrected chi connectivity index (χ4v) is 6.89. The van der Waals surface area contributed by atoms with Crippen molar-refractivity contribution in [2.24, 2.45) is 5.41 Å². The zero-order chi connectivity index (χ0) is 42.1. The van der Waals surface area contributed by atoms with E-state index in [1.807, 2.05) is 40.7 Å². The number of nitrogens with one attached hydrogen (secondary N) is 4. The molecule has 1 saturated heterocycles. The lowest BCUT2D eigenvalue weighted by Gasteiger charge is -2.36. The van der Waals surface area contributed by atoms with E-state index in [9.17, 15) is 33.6 Å². The van der Waals surface area contributed by atoms with Crippen LogP contribution in [0.25, 0.3) is 0 Å². The highest BCUT2D eigenvalue weighted by molar-refractivity contribution is 6.38. The maximum Gasteiger partial charge on any atom is 0.290 e. The topological polar surface area (TPSA) is 193 Å². The van der Waals surface area contributed by atoms with E-state index in [4.69, 9.17) is 9.47 Å². The first-order valence-corrected chi connectivity index (χ1v) is 19.5. The van der Waals surface area contributed by atoms with Gasteiger partial charge in [-0.05, 0) is 48.9 Å². The maximum atomic E-state index is 14.5. The number of rotatable bonds is 11. The maximum absolute atomic E-state index is 14.5. The molecule has 2 heterocycles. The highest BCUT2D eigenvalue weighted by Gasteiger charge is 2.47. The third-order valence-corrected chi connectivity index (χ3v) is 9.96. The van der Waals surface area contributed by atoms with Crippen molar-refractivity contribution in [3.05, 3.63) is 65.7 Å². The summed E-state index contributed by atoms with van der Waals surface area (Å²) in [6, 6.07) is 11.4. The summed E-state index contributed by atoms with van der Waals surface area (Å²) >= 11 is 0. The fraction of sp³-hybridized carbons (Fsp3) is 0.548. The van der Waals surface area contributed by atoms with Crippen LogP contribution < -0.4 is 26.0 Å². The van der Waals surface area contributed by atoms with E-state index >= 15 is 0 Å². The van der Waals surface area contributed by atoms with E-state index in [-0.39, 0.29) is 37.6 Å². The zero-order valence-corrected chi connectivity index (χ0v) is 34.3. The van der Waals surface area contributed by atoms with Crippen LogP contribution in [0.15, 0.2) is 54.6 Å². The van der Waals surface area contributed by atoms with Crippen LogP contribution in [-0.2, 0) is 44.7 Å². The molecule has 15 nitrogen and oxygen atoms in total. The summed E-state index contributed by atoms with van der Waals surface area (Å²) < 4.78 is 12.5. The number of ether oxygens (including phenoxy) is 2. The van der Waals surface area contributed by atoms with Crippen molar-refractivity contribution in [2.75, 3.05) is 33.8 Å². The Morgan fingerprint density at radius 2 is 1.70 bits per heavy atom. The van der Waals surface area contributed by atoms with E-state index in [0.717, 1.165) is 0 Å². The number of hydrogen-bond donors (Lipinski definition) is 4. The molecule has 2 aliphatic heterocycles. The van der Waals surface area contributed by atoms with Crippen LogP contribution in [0.2, 0.25) is 0 Å². The molecule has 2 aromatic carbocycles. The van der Waals surface area contributed by atoms with Crippen LogP contribution in [0.1, 0.15) is 84.4 Å². The van der Waals surface area contributed by atoms with Gasteiger partial charge >= 0.3 is 0 Å². The van der Waals surface area contributed by atoms with Gasteiger partial charge in [0, 0.05) is 33.5 Å². The number of benzene rings is 2. The minimum atomic E-state index is -1.27. The van der Waals surface area contributed by atoms with E-state index in [2.05, 4.69) is 21.3 Å². The molecule has 310 valence electrons. The first kappa shape index (κ1) is 44.4. The van der Waals surface area contributed by atoms with Crippen molar-refractivity contribution in [1.29, 1.82) is 0 Å². The van der Waals surface area contributed by atoms with Gasteiger partial charge in [0.25, 0.3) is 5.91 Å². The van der Waals surface area contributed by atoms with E-state index in [1.54, 1.807) is 69.6 Å². The molecule has 2 aliphatic rings. The lowest BCUT2D eigenvalue weighted by Crippen LogP contribution is -2.59. The van der Waals surface area contributed by atoms with Gasteiger partial charge in [0.1, 0.15) is 23.9 Å². The molecule has 4 rings (SSSR count). The van der Waals surface area contributed by atoms with Gasteiger partial charge in [-0.1, -0.05) is 76.6 Å². The molecular formula is C42H58N6O9. The molecule has 1 unspecified atom stereocenters. The third-order valence-electron chi connectivity index (χ3n) is 9.96. The van der Waals surface area contributed by atoms with Gasteiger partial charge in [0.05, 0.1) is 37.3 Å². The first-order valence-electron chi connectivity index (χ1n) is 19.5. The molecule has 0 spiro atoms. The minimum Gasteiger partial charge on any atom is -0.493 e. The lowest BCUT2D eigenvalue weighted by molar-refractivity contribution is -0.145. The van der Waals surface area contributed by atoms with E-state index in [1.165, 1.54) is 9.80 Å². The Balaban J connectivity index is 1.51. The molecule has 6 amide bonds. The number of likely N-dealkylation sites (N-methyl/N-ethyl adjacent to an activating group) is 1. The predicted octanol–water partition coefficient (Wildman–Crippen LogP) is 2.22. The molecule has 4 bridgehead atoms. The quantitative estimate of drug-likeness (QED) is 0.247. The number of hydrogen-bond acceptors (Lipinski definition) is 9. The summed E-state index contributed by atoms with van der Waals surface area (Å²) in [5, 5.41) is 10.5. The summed E-state index contributed by atoms with van der Waals surface area (Å²) in [4.78, 5) is 97.2. The van der Waals surface area contributed by atoms with E-state index in [0.29, 0.717) is 36.3 Å². The molecule has 2 aromatic rings. The van der Waals surface area contributed by atoms with Gasteiger partial charge in [-0.2, -0.15) is 0 Å². The molecule has 57 heavy (non-hydrogen) atoms. The summed E-state index contributed by atoms with van der Waals surface area (Å²) in [6.45, 7) is 10.8. The standard InChI is InChI=1S/C42H58N6O9/c1-9-14-30(35(51)38(53)43-24-33(50)45-34(39(54)47(7)8)27-16-11-10-12-17-27)44-37(52)31-23-29-25-48(31)40(55)36(41(2,3)4)46-32(49)22-26-15-13-18-28(21-26)56-20-19-42(5,6)57-29/h10-13,15-18,21,29-31,34,36H,9,14,19-20,22-25H2,1-8H3,(H,43,53)(H,44,52)(H,45,50)(H,46,49)/t29-,30?,31+,34+,36-/m1/s1. The van der Waals surface area contributed by atoms with Crippen molar-refractivity contribution >= 4 is 41.2 Å². The number of fused-ring (bicyclic) bond motifs is 4. The molecule has 15 heteroatoms. The van der Waals surface area contributed by atoms with Gasteiger partial charge in [-0.25, -0.2) is 0 Å². The normalized spacial score (nSPS) is 20.9. The highest BCUT2D eigenvalue weighted by atomic mass is 16.5. The van der Waals surface area contributed by atoms with Gasteiger partial charge in [0.2, 0.25) is 35.3 Å². The van der Waals surface area contributed by atoms with Crippen LogP contribution in [0, 0.1) is 5.41 Å². The zero-order valence-electron chi connectivity index (χ0n) is 34.3. The van der Waals surface area contributed by atoms with Gasteiger partial charge < -0.3 is 40.5 Å². The minimum absolute atomic E-state index is 0.00452. The van der Waals surface area contributed by atoms with Gasteiger partial charge in [0.15, 0.2) is 0 Å². The van der Waals surface area contributed by atoms with Crippen LogP contribution in [0.3, 0.4) is 0 Å². The molecule has 0 aromatic heterocycles. The lowest BCUT2D eigenvalue weighted by atomic mass is 9.85. The number of nitrogens with zero attached hydrogens (tertiary/aromatic N) is 2. The van der Waals surface area contributed by atoms with Crippen LogP contribution >= 0.6 is 0 Å². The Morgan fingerprint density at radius 3 is 2.35 bits per heavy atom. The second-order valence-corrected chi connectivity index (χ2v) is 16.6. The Hall–Kier alpha value is -5.31. The van der Waals surface area contributed by atoms with Gasteiger partial charge in [-0.3, -0.25) is 33.6 Å². The van der Waals surface area contributed by atoms with Crippen molar-refractivity contribution in [2.45, 2.75) is 110 Å². The summed E-state index contributed by atoms with van der Waals surface area (Å²) in [7, 11) is 3.11. The Kier molecular flexibility index (Phi) is 15.0. The van der Waals surface area contributed by atoms with Crippen molar-refractivity contribution in [3.63, 3.8) is 0 Å². The predicted molar refractivity (Wildman–Crippen MR) is 212 cm³/mol. The monoisotopic (exact) mass is 790 g/mol. The molecule has 0 saturated carbocycles. The number of ketones is 1. The van der Waals surface area contributed by atoms with Crippen LogP contribution in [-0.4, -0.2) is 115 Å². The summed E-state index contributed by atoms with van der Waals surface area (Å²) in [5.74, 6) is -4.06. The molecule has 0 aliphatic carbocycles. The van der Waals surface area contributed by atoms with Crippen molar-refractivity contribution in [3.8, 4) is 5.75 Å². The van der Waals surface area contributed by atoms with E-state index < -0.39 is 77.2 Å². The first-order chi connectivity index (χ1) is 26.8. The van der Waals surface area contributed by atoms with Gasteiger partial charge in [-0.15, -0.1) is 0 Å². The van der Waals surface area contributed by atoms with Crippen LogP contribution in [0.4, 0.5) is 0 Å². The summed E-state index contributed by atoms with van der Waals surface area (Å²) in [6.07, 6.45) is 0.542. The number of carbonyl (C=O) groups is 7. The molecule has 0 radical (unpaired) electrons. The summed E-state index contributed by atoms with van der Waals surface area (Å²) in [5.41, 5.74) is -0.214. The number of amides is 6. The number of carbonyl (C=O) groups excluding carboxylic acids is 7. The molecular weight excluding hydrogens is 732 g/mol. The third kappa shape index (κ3) is 12.3. The number of Topliss-reactive ketones (excluding diaryl/α,β-unsaturated/α-hetero) is 1. The SMILES string of the molecule is CCCC(NC(=O)[C@@H]1C[C@@H]2CN1C(=O)[C@H](C(C)(C)C)NC(=O)Cc1cccc(c1)OCCC(C)(C)O2)C(=O)C(=O)NCC(=O)N[C@H](C(=O)N(C)C)c1ccccc1. The second kappa shape index (κ2) is 19.2. The Bertz CT molecular complexity index is 1790. The average molecular weight is 791 g/mol.